The first-order chi connectivity index (χ1) is 15.3. The van der Waals surface area contributed by atoms with Crippen LogP contribution < -0.4 is 0 Å². The molecule has 0 heterocycles. The molecule has 0 N–H and O–H groups in total. The van der Waals surface area contributed by atoms with Gasteiger partial charge in [0.15, 0.2) is 0 Å². The molecule has 0 unspecified atom stereocenters. The van der Waals surface area contributed by atoms with Crippen molar-refractivity contribution >= 4 is 27.3 Å². The zero-order valence-electron chi connectivity index (χ0n) is 17.8. The number of nitro benzene ring substituents is 1. The SMILES string of the molecule is Cc1ccc(S(=O)(=O)N(CC#Cc2ccc([N+](=O)[O-])cc2)CC2=C[C@@H](CCl)CCC2)cc1. The van der Waals surface area contributed by atoms with Crippen LogP contribution in [-0.4, -0.2) is 36.6 Å². The molecule has 1 aliphatic carbocycles. The van der Waals surface area contributed by atoms with Crippen LogP contribution >= 0.6 is 11.6 Å². The molecule has 1 atom stereocenters. The van der Waals surface area contributed by atoms with Gasteiger partial charge in [-0.2, -0.15) is 4.31 Å². The second-order valence-electron chi connectivity index (χ2n) is 7.82. The number of halogens is 1. The van der Waals surface area contributed by atoms with Crippen molar-refractivity contribution < 1.29 is 13.3 Å². The monoisotopic (exact) mass is 472 g/mol. The highest BCUT2D eigenvalue weighted by molar-refractivity contribution is 7.89. The maximum atomic E-state index is 13.4. The number of hydrogen-bond acceptors (Lipinski definition) is 4. The molecule has 0 aromatic heterocycles. The molecule has 0 spiro atoms. The van der Waals surface area contributed by atoms with Gasteiger partial charge in [-0.1, -0.05) is 41.2 Å². The van der Waals surface area contributed by atoms with Crippen LogP contribution in [0.1, 0.15) is 30.4 Å². The molecule has 8 heteroatoms. The van der Waals surface area contributed by atoms with Crippen LogP contribution in [0.15, 0.2) is 65.1 Å². The Balaban J connectivity index is 1.86. The summed E-state index contributed by atoms with van der Waals surface area (Å²) in [5.41, 5.74) is 2.60. The fourth-order valence-corrected chi connectivity index (χ4v) is 5.14. The van der Waals surface area contributed by atoms with Crippen molar-refractivity contribution in [3.63, 3.8) is 0 Å². The topological polar surface area (TPSA) is 80.5 Å². The highest BCUT2D eigenvalue weighted by atomic mass is 35.5. The Morgan fingerprint density at radius 2 is 1.84 bits per heavy atom. The Morgan fingerprint density at radius 1 is 1.16 bits per heavy atom. The molecular weight excluding hydrogens is 448 g/mol. The first kappa shape index (κ1) is 24.0. The maximum Gasteiger partial charge on any atom is 0.269 e. The van der Waals surface area contributed by atoms with Crippen LogP contribution in [0, 0.1) is 34.8 Å². The third-order valence-corrected chi connectivity index (χ3v) is 7.55. The van der Waals surface area contributed by atoms with Gasteiger partial charge in [0.25, 0.3) is 5.69 Å². The fourth-order valence-electron chi connectivity index (χ4n) is 3.55. The van der Waals surface area contributed by atoms with Gasteiger partial charge in [0.2, 0.25) is 10.0 Å². The molecule has 0 saturated heterocycles. The summed E-state index contributed by atoms with van der Waals surface area (Å²) in [4.78, 5) is 10.6. The van der Waals surface area contributed by atoms with Gasteiger partial charge in [-0.25, -0.2) is 8.42 Å². The summed E-state index contributed by atoms with van der Waals surface area (Å²) in [5.74, 6) is 6.62. The fraction of sp³-hybridized carbons (Fsp3) is 0.333. The average Bonchev–Trinajstić information content (AvgIpc) is 2.79. The molecule has 32 heavy (non-hydrogen) atoms. The minimum absolute atomic E-state index is 0.01000. The van der Waals surface area contributed by atoms with Crippen LogP contribution in [0.2, 0.25) is 0 Å². The van der Waals surface area contributed by atoms with Gasteiger partial charge in [0.05, 0.1) is 16.4 Å². The molecule has 3 rings (SSSR count). The van der Waals surface area contributed by atoms with Gasteiger partial charge in [-0.15, -0.1) is 11.6 Å². The summed E-state index contributed by atoms with van der Waals surface area (Å²) in [7, 11) is -3.75. The third-order valence-electron chi connectivity index (χ3n) is 5.35. The number of allylic oxidation sites excluding steroid dienone is 1. The lowest BCUT2D eigenvalue weighted by Gasteiger charge is -2.25. The second-order valence-corrected chi connectivity index (χ2v) is 10.1. The molecule has 2 aromatic rings. The average molecular weight is 473 g/mol. The molecular formula is C24H25ClN2O4S. The lowest BCUT2D eigenvalue weighted by Crippen LogP contribution is -2.34. The van der Waals surface area contributed by atoms with E-state index < -0.39 is 14.9 Å². The zero-order valence-corrected chi connectivity index (χ0v) is 19.4. The molecule has 0 fully saturated rings. The van der Waals surface area contributed by atoms with Crippen LogP contribution in [0.25, 0.3) is 0 Å². The molecule has 0 amide bonds. The molecule has 0 radical (unpaired) electrons. The molecule has 0 aliphatic heterocycles. The van der Waals surface area contributed by atoms with E-state index in [4.69, 9.17) is 11.6 Å². The molecule has 0 saturated carbocycles. The van der Waals surface area contributed by atoms with E-state index in [0.717, 1.165) is 30.4 Å². The van der Waals surface area contributed by atoms with E-state index in [1.165, 1.54) is 16.4 Å². The highest BCUT2D eigenvalue weighted by Gasteiger charge is 2.26. The van der Waals surface area contributed by atoms with Crippen molar-refractivity contribution in [1.82, 2.24) is 4.31 Å². The zero-order chi connectivity index (χ0) is 23.1. The van der Waals surface area contributed by atoms with E-state index in [1.807, 2.05) is 6.92 Å². The Labute approximate surface area is 194 Å². The number of non-ortho nitro benzene ring substituents is 1. The number of aryl methyl sites for hydroxylation is 1. The minimum atomic E-state index is -3.75. The Bertz CT molecular complexity index is 1150. The summed E-state index contributed by atoms with van der Waals surface area (Å²) >= 11 is 6.02. The predicted molar refractivity (Wildman–Crippen MR) is 126 cm³/mol. The number of alkyl halides is 1. The lowest BCUT2D eigenvalue weighted by molar-refractivity contribution is -0.384. The summed E-state index contributed by atoms with van der Waals surface area (Å²) in [6, 6.07) is 12.6. The summed E-state index contributed by atoms with van der Waals surface area (Å²) < 4.78 is 28.1. The summed E-state index contributed by atoms with van der Waals surface area (Å²) in [6.07, 6.45) is 4.93. The largest absolute Gasteiger partial charge is 0.269 e. The van der Waals surface area contributed by atoms with Gasteiger partial charge in [0.1, 0.15) is 0 Å². The quantitative estimate of drug-likeness (QED) is 0.188. The normalized spacial score (nSPS) is 16.2. The van der Waals surface area contributed by atoms with E-state index in [0.29, 0.717) is 11.4 Å². The van der Waals surface area contributed by atoms with E-state index in [1.54, 1.807) is 36.4 Å². The van der Waals surface area contributed by atoms with Crippen LogP contribution in [0.4, 0.5) is 5.69 Å². The van der Waals surface area contributed by atoms with Crippen molar-refractivity contribution in [2.75, 3.05) is 19.0 Å². The highest BCUT2D eigenvalue weighted by Crippen LogP contribution is 2.26. The van der Waals surface area contributed by atoms with Gasteiger partial charge in [0, 0.05) is 30.1 Å². The van der Waals surface area contributed by atoms with Crippen molar-refractivity contribution in [2.24, 2.45) is 5.92 Å². The van der Waals surface area contributed by atoms with Crippen molar-refractivity contribution in [3.05, 3.63) is 81.4 Å². The standard InChI is InChI=1S/C24H25ClN2O4S/c1-19-7-13-24(14-8-19)32(30,31)26(18-22-5-2-4-21(16-22)17-25)15-3-6-20-9-11-23(12-10-20)27(28)29/h7-14,16,21H,2,4-5,15,17-18H2,1H3/t21-/m0/s1. The van der Waals surface area contributed by atoms with Crippen LogP contribution in [-0.2, 0) is 10.0 Å². The third kappa shape index (κ3) is 6.19. The van der Waals surface area contributed by atoms with E-state index >= 15 is 0 Å². The first-order valence-corrected chi connectivity index (χ1v) is 12.3. The lowest BCUT2D eigenvalue weighted by atomic mass is 9.92. The number of benzene rings is 2. The van der Waals surface area contributed by atoms with Gasteiger partial charge >= 0.3 is 0 Å². The number of hydrogen-bond donors (Lipinski definition) is 0. The van der Waals surface area contributed by atoms with E-state index in [-0.39, 0.29) is 29.6 Å². The van der Waals surface area contributed by atoms with Gasteiger partial charge in [-0.05, 0) is 56.4 Å². The first-order valence-electron chi connectivity index (χ1n) is 10.4. The molecule has 2 aromatic carbocycles. The molecule has 168 valence electrons. The Kier molecular flexibility index (Phi) is 8.08. The maximum absolute atomic E-state index is 13.4. The minimum Gasteiger partial charge on any atom is -0.258 e. The number of sulfonamides is 1. The number of nitrogens with zero attached hydrogens (tertiary/aromatic N) is 2. The summed E-state index contributed by atoms with van der Waals surface area (Å²) in [5, 5.41) is 10.8. The molecule has 0 bridgehead atoms. The van der Waals surface area contributed by atoms with Gasteiger partial charge < -0.3 is 0 Å². The number of nitro groups is 1. The Morgan fingerprint density at radius 3 is 2.47 bits per heavy atom. The van der Waals surface area contributed by atoms with Crippen molar-refractivity contribution in [1.29, 1.82) is 0 Å². The van der Waals surface area contributed by atoms with Crippen molar-refractivity contribution in [3.8, 4) is 11.8 Å². The van der Waals surface area contributed by atoms with Crippen LogP contribution in [0.5, 0.6) is 0 Å². The Hall–Kier alpha value is -2.66. The molecule has 6 nitrogen and oxygen atoms in total. The summed E-state index contributed by atoms with van der Waals surface area (Å²) in [6.45, 7) is 2.18. The van der Waals surface area contributed by atoms with E-state index in [2.05, 4.69) is 17.9 Å². The molecule has 1 aliphatic rings. The predicted octanol–water partition coefficient (Wildman–Crippen LogP) is 4.91. The van der Waals surface area contributed by atoms with Crippen molar-refractivity contribution in [2.45, 2.75) is 31.1 Å². The van der Waals surface area contributed by atoms with Gasteiger partial charge in [-0.3, -0.25) is 10.1 Å². The second kappa shape index (κ2) is 10.8. The smallest absolute Gasteiger partial charge is 0.258 e. The van der Waals surface area contributed by atoms with Crippen LogP contribution in [0.3, 0.4) is 0 Å². The number of rotatable bonds is 7. The van der Waals surface area contributed by atoms with E-state index in [9.17, 15) is 18.5 Å².